The first-order valence-electron chi connectivity index (χ1n) is 8.23. The predicted molar refractivity (Wildman–Crippen MR) is 93.4 cm³/mol. The fraction of sp³-hybridized carbons (Fsp3) is 0.611. The largest absolute Gasteiger partial charge is 0.478 e. The topological polar surface area (TPSA) is 59.1 Å². The molecule has 1 heterocycles. The van der Waals surface area contributed by atoms with Crippen LogP contribution in [0, 0.1) is 0 Å². The Balaban J connectivity index is 2.09. The van der Waals surface area contributed by atoms with Gasteiger partial charge in [-0.25, -0.2) is 4.79 Å². The Morgan fingerprint density at radius 3 is 2.57 bits per heavy atom. The Bertz CT molecular complexity index is 577. The van der Waals surface area contributed by atoms with E-state index in [1.807, 2.05) is 6.07 Å². The van der Waals surface area contributed by atoms with Crippen molar-refractivity contribution in [3.05, 3.63) is 35.4 Å². The molecule has 0 aromatic heterocycles. The molecular formula is C18H28O4Si. The predicted octanol–water partition coefficient (Wildman–Crippen LogP) is 4.63. The number of carboxylic acid groups (broad SMARTS) is 1. The molecule has 1 N–H and O–H groups in total. The lowest BCUT2D eigenvalue weighted by Gasteiger charge is -2.38. The molecule has 1 aromatic rings. The summed E-state index contributed by atoms with van der Waals surface area (Å²) in [4.78, 5) is 11.1. The quantitative estimate of drug-likeness (QED) is 0.608. The molecule has 1 fully saturated rings. The van der Waals surface area contributed by atoms with Crippen molar-refractivity contribution in [2.45, 2.75) is 70.6 Å². The van der Waals surface area contributed by atoms with Crippen LogP contribution in [0.5, 0.6) is 0 Å². The van der Waals surface area contributed by atoms with Crippen LogP contribution in [0.3, 0.4) is 0 Å². The summed E-state index contributed by atoms with van der Waals surface area (Å²) in [5.41, 5.74) is 1.22. The highest BCUT2D eigenvalue weighted by Crippen LogP contribution is 2.46. The van der Waals surface area contributed by atoms with Gasteiger partial charge in [0.25, 0.3) is 0 Å². The van der Waals surface area contributed by atoms with Gasteiger partial charge in [-0.05, 0) is 42.2 Å². The SMILES string of the molecule is CCC(O[Si](C)(C)C(C)(C)C)C1OC1c1cccc(C(=O)O)c1. The number of epoxide rings is 1. The molecule has 3 atom stereocenters. The molecule has 5 heteroatoms. The smallest absolute Gasteiger partial charge is 0.335 e. The van der Waals surface area contributed by atoms with Gasteiger partial charge in [0.1, 0.15) is 12.2 Å². The van der Waals surface area contributed by atoms with Crippen molar-refractivity contribution in [2.24, 2.45) is 0 Å². The van der Waals surface area contributed by atoms with Gasteiger partial charge in [0.05, 0.1) is 11.7 Å². The molecule has 0 saturated carbocycles. The zero-order valence-electron chi connectivity index (χ0n) is 14.9. The average Bonchev–Trinajstić information content (AvgIpc) is 3.24. The Morgan fingerprint density at radius 2 is 2.04 bits per heavy atom. The van der Waals surface area contributed by atoms with Crippen molar-refractivity contribution < 1.29 is 19.1 Å². The summed E-state index contributed by atoms with van der Waals surface area (Å²) in [5, 5.41) is 9.28. The first-order valence-corrected chi connectivity index (χ1v) is 11.1. The molecule has 1 aliphatic rings. The summed E-state index contributed by atoms with van der Waals surface area (Å²) in [6.07, 6.45) is 0.934. The molecule has 3 unspecified atom stereocenters. The number of aromatic carboxylic acids is 1. The maximum absolute atomic E-state index is 11.1. The third kappa shape index (κ3) is 4.02. The molecule has 0 bridgehead atoms. The normalized spacial score (nSPS) is 22.7. The number of carbonyl (C=O) groups is 1. The van der Waals surface area contributed by atoms with Gasteiger partial charge in [-0.1, -0.05) is 39.8 Å². The van der Waals surface area contributed by atoms with E-state index < -0.39 is 14.3 Å². The van der Waals surface area contributed by atoms with Gasteiger partial charge in [0.2, 0.25) is 0 Å². The van der Waals surface area contributed by atoms with Crippen LogP contribution in [0.2, 0.25) is 18.1 Å². The average molecular weight is 337 g/mol. The molecule has 0 amide bonds. The lowest BCUT2D eigenvalue weighted by molar-refractivity contribution is 0.0696. The van der Waals surface area contributed by atoms with E-state index in [2.05, 4.69) is 40.8 Å². The number of rotatable bonds is 6. The van der Waals surface area contributed by atoms with Crippen molar-refractivity contribution in [2.75, 3.05) is 0 Å². The zero-order chi connectivity index (χ0) is 17.4. The van der Waals surface area contributed by atoms with E-state index in [0.717, 1.165) is 12.0 Å². The summed E-state index contributed by atoms with van der Waals surface area (Å²) >= 11 is 0. The molecular weight excluding hydrogens is 308 g/mol. The second-order valence-corrected chi connectivity index (χ2v) is 12.5. The highest BCUT2D eigenvalue weighted by atomic mass is 28.4. The van der Waals surface area contributed by atoms with Gasteiger partial charge < -0.3 is 14.3 Å². The molecule has 1 aromatic carbocycles. The first-order chi connectivity index (χ1) is 10.6. The van der Waals surface area contributed by atoms with Crippen molar-refractivity contribution >= 4 is 14.3 Å². The molecule has 4 nitrogen and oxygen atoms in total. The Labute approximate surface area is 139 Å². The number of carboxylic acids is 1. The Morgan fingerprint density at radius 1 is 1.39 bits per heavy atom. The minimum absolute atomic E-state index is 0.0261. The van der Waals surface area contributed by atoms with E-state index in [4.69, 9.17) is 14.3 Å². The molecule has 1 saturated heterocycles. The fourth-order valence-electron chi connectivity index (χ4n) is 2.46. The van der Waals surface area contributed by atoms with E-state index in [1.54, 1.807) is 18.2 Å². The van der Waals surface area contributed by atoms with Crippen LogP contribution in [0.25, 0.3) is 0 Å². The van der Waals surface area contributed by atoms with E-state index in [1.165, 1.54) is 0 Å². The van der Waals surface area contributed by atoms with Gasteiger partial charge in [0.15, 0.2) is 8.32 Å². The summed E-state index contributed by atoms with van der Waals surface area (Å²) in [7, 11) is -1.85. The van der Waals surface area contributed by atoms with Crippen LogP contribution in [0.4, 0.5) is 0 Å². The van der Waals surface area contributed by atoms with Gasteiger partial charge in [0, 0.05) is 0 Å². The zero-order valence-corrected chi connectivity index (χ0v) is 15.9. The Hall–Kier alpha value is -1.17. The first kappa shape index (κ1) is 18.2. The van der Waals surface area contributed by atoms with E-state index >= 15 is 0 Å². The highest BCUT2D eigenvalue weighted by Gasteiger charge is 2.49. The van der Waals surface area contributed by atoms with Crippen LogP contribution in [0.1, 0.15) is 56.1 Å². The van der Waals surface area contributed by atoms with Crippen LogP contribution < -0.4 is 0 Å². The van der Waals surface area contributed by atoms with E-state index in [-0.39, 0.29) is 23.4 Å². The van der Waals surface area contributed by atoms with Crippen molar-refractivity contribution in [1.82, 2.24) is 0 Å². The number of benzene rings is 1. The van der Waals surface area contributed by atoms with E-state index in [0.29, 0.717) is 5.56 Å². The lowest BCUT2D eigenvalue weighted by atomic mass is 10.0. The van der Waals surface area contributed by atoms with Crippen molar-refractivity contribution in [3.8, 4) is 0 Å². The van der Waals surface area contributed by atoms with Crippen LogP contribution >= 0.6 is 0 Å². The standard InChI is InChI=1S/C18H28O4Si/c1-7-14(22-23(5,6)18(2,3)4)16-15(21-16)12-9-8-10-13(11-12)17(19)20/h8-11,14-16H,7H2,1-6H3,(H,19,20). The van der Waals surface area contributed by atoms with Crippen LogP contribution in [-0.2, 0) is 9.16 Å². The molecule has 0 spiro atoms. The van der Waals surface area contributed by atoms with Crippen LogP contribution in [-0.4, -0.2) is 31.6 Å². The molecule has 23 heavy (non-hydrogen) atoms. The Kier molecular flexibility index (Phi) is 5.04. The fourth-order valence-corrected chi connectivity index (χ4v) is 3.87. The highest BCUT2D eigenvalue weighted by molar-refractivity contribution is 6.74. The maximum atomic E-state index is 11.1. The monoisotopic (exact) mass is 336 g/mol. The molecule has 0 aliphatic carbocycles. The van der Waals surface area contributed by atoms with Crippen molar-refractivity contribution in [3.63, 3.8) is 0 Å². The number of hydrogen-bond acceptors (Lipinski definition) is 3. The molecule has 0 radical (unpaired) electrons. The molecule has 1 aliphatic heterocycles. The summed E-state index contributed by atoms with van der Waals surface area (Å²) in [6, 6.07) is 7.00. The third-order valence-corrected chi connectivity index (χ3v) is 9.51. The summed E-state index contributed by atoms with van der Waals surface area (Å²) < 4.78 is 12.4. The third-order valence-electron chi connectivity index (χ3n) is 5.01. The summed E-state index contributed by atoms with van der Waals surface area (Å²) in [6.45, 7) is 13.3. The van der Waals surface area contributed by atoms with Gasteiger partial charge in [-0.3, -0.25) is 0 Å². The van der Waals surface area contributed by atoms with Gasteiger partial charge >= 0.3 is 5.97 Å². The second kappa shape index (κ2) is 6.38. The van der Waals surface area contributed by atoms with Crippen LogP contribution in [0.15, 0.2) is 24.3 Å². The van der Waals surface area contributed by atoms with E-state index in [9.17, 15) is 4.79 Å². The van der Waals surface area contributed by atoms with Crippen molar-refractivity contribution in [1.29, 1.82) is 0 Å². The lowest BCUT2D eigenvalue weighted by Crippen LogP contribution is -2.45. The van der Waals surface area contributed by atoms with Gasteiger partial charge in [-0.15, -0.1) is 0 Å². The summed E-state index contributed by atoms with van der Waals surface area (Å²) in [5.74, 6) is -0.909. The van der Waals surface area contributed by atoms with Gasteiger partial charge in [-0.2, -0.15) is 0 Å². The number of ether oxygens (including phenoxy) is 1. The second-order valence-electron chi connectivity index (χ2n) is 7.78. The molecule has 2 rings (SSSR count). The molecule has 128 valence electrons. The minimum atomic E-state index is -1.85. The minimum Gasteiger partial charge on any atom is -0.478 e. The number of hydrogen-bond donors (Lipinski definition) is 1. The maximum Gasteiger partial charge on any atom is 0.335 e.